The van der Waals surface area contributed by atoms with Crippen LogP contribution in [0.4, 0.5) is 10.5 Å². The summed E-state index contributed by atoms with van der Waals surface area (Å²) in [6.07, 6.45) is 7.31. The van der Waals surface area contributed by atoms with Crippen LogP contribution in [0.25, 0.3) is 0 Å². The molecule has 5 aromatic rings. The van der Waals surface area contributed by atoms with Crippen LogP contribution in [-0.2, 0) is 47.7 Å². The summed E-state index contributed by atoms with van der Waals surface area (Å²) >= 11 is 0. The fourth-order valence-corrected chi connectivity index (χ4v) is 9.44. The number of carbonyl (C=O) groups is 1. The second kappa shape index (κ2) is 11.8. The van der Waals surface area contributed by atoms with E-state index in [1.807, 2.05) is 97.9 Å². The van der Waals surface area contributed by atoms with Gasteiger partial charge < -0.3 is 10.1 Å². The molecule has 4 aromatic carbocycles. The Morgan fingerprint density at radius 1 is 0.851 bits per heavy atom. The van der Waals surface area contributed by atoms with E-state index in [-0.39, 0.29) is 11.0 Å². The Morgan fingerprint density at radius 2 is 1.38 bits per heavy atom. The summed E-state index contributed by atoms with van der Waals surface area (Å²) in [5.41, 5.74) is 7.19. The Labute approximate surface area is 275 Å². The van der Waals surface area contributed by atoms with E-state index >= 15 is 4.21 Å². The molecule has 1 aromatic heterocycles. The van der Waals surface area contributed by atoms with Gasteiger partial charge in [-0.2, -0.15) is 5.10 Å². The maximum atomic E-state index is 15.8. The largest absolute Gasteiger partial charge is 0.472 e. The van der Waals surface area contributed by atoms with E-state index in [0.29, 0.717) is 12.4 Å². The molecule has 1 aliphatic heterocycles. The van der Waals surface area contributed by atoms with E-state index in [9.17, 15) is 4.79 Å². The van der Waals surface area contributed by atoms with Crippen LogP contribution in [-0.4, -0.2) is 26.1 Å². The Balaban J connectivity index is 1.34. The summed E-state index contributed by atoms with van der Waals surface area (Å²) in [5, 5.41) is 7.68. The number of amides is 2. The standard InChI is InChI=1S/C38H37N5O3S/c1-26-25-43-36(46-26)34(24-39-43)47(45,41-37(44)40-35-32-21-11-13-27(32)23-28-14-12-22-33(28)35)42-38(29-15-5-2-6-16-29,30-17-7-3-8-18-30)31-19-9-4-10-20-31/h2-10,15-20,23-24,26H,11-14,21-22,25H2,1H3,(H2,40,41,42,44,45)/t26-,47?/m1/s1. The molecule has 9 heteroatoms. The number of hydrogen-bond donors (Lipinski definition) is 2. The van der Waals surface area contributed by atoms with E-state index in [1.54, 1.807) is 4.68 Å². The number of benzene rings is 4. The summed E-state index contributed by atoms with van der Waals surface area (Å²) in [4.78, 5) is 14.5. The molecule has 0 fully saturated rings. The second-order valence-electron chi connectivity index (χ2n) is 12.7. The van der Waals surface area contributed by atoms with Crippen LogP contribution in [0.3, 0.4) is 0 Å². The van der Waals surface area contributed by atoms with Gasteiger partial charge in [-0.1, -0.05) is 97.1 Å². The molecule has 8 rings (SSSR count). The van der Waals surface area contributed by atoms with Gasteiger partial charge >= 0.3 is 6.03 Å². The van der Waals surface area contributed by atoms with Crippen LogP contribution in [0, 0.1) is 0 Å². The molecule has 0 saturated heterocycles. The van der Waals surface area contributed by atoms with Gasteiger partial charge in [-0.05, 0) is 84.4 Å². The molecule has 47 heavy (non-hydrogen) atoms. The molecule has 3 aliphatic rings. The van der Waals surface area contributed by atoms with Gasteiger partial charge in [0.25, 0.3) is 0 Å². The molecule has 2 heterocycles. The van der Waals surface area contributed by atoms with E-state index < -0.39 is 21.5 Å². The Bertz CT molecular complexity index is 1960. The van der Waals surface area contributed by atoms with E-state index in [2.05, 4.69) is 25.6 Å². The smallest absolute Gasteiger partial charge is 0.354 e. The zero-order valence-electron chi connectivity index (χ0n) is 26.3. The van der Waals surface area contributed by atoms with Gasteiger partial charge in [0.2, 0.25) is 5.88 Å². The average Bonchev–Trinajstić information content (AvgIpc) is 3.90. The molecule has 0 bridgehead atoms. The van der Waals surface area contributed by atoms with Gasteiger partial charge in [0.05, 0.1) is 12.7 Å². The van der Waals surface area contributed by atoms with Crippen molar-refractivity contribution in [2.45, 2.75) is 68.5 Å². The number of rotatable bonds is 7. The van der Waals surface area contributed by atoms with Crippen LogP contribution in [0.1, 0.15) is 58.7 Å². The molecule has 2 N–H and O–H groups in total. The Morgan fingerprint density at radius 3 is 1.91 bits per heavy atom. The fraction of sp³-hybridized carbons (Fsp3) is 0.263. The first-order valence-electron chi connectivity index (χ1n) is 16.4. The normalized spacial score (nSPS) is 17.7. The predicted molar refractivity (Wildman–Crippen MR) is 183 cm³/mol. The number of nitrogens with zero attached hydrogens (tertiary/aromatic N) is 3. The van der Waals surface area contributed by atoms with Crippen molar-refractivity contribution in [2.24, 2.45) is 4.36 Å². The highest BCUT2D eigenvalue weighted by Gasteiger charge is 2.42. The molecular formula is C38H37N5O3S. The van der Waals surface area contributed by atoms with E-state index in [4.69, 9.17) is 4.74 Å². The minimum atomic E-state index is -3.77. The maximum Gasteiger partial charge on any atom is 0.354 e. The number of nitrogens with one attached hydrogen (secondary N) is 2. The van der Waals surface area contributed by atoms with Crippen LogP contribution in [0.5, 0.6) is 5.88 Å². The summed E-state index contributed by atoms with van der Waals surface area (Å²) in [5.74, 6) is 0.358. The van der Waals surface area contributed by atoms with E-state index in [0.717, 1.165) is 60.9 Å². The first-order valence-corrected chi connectivity index (χ1v) is 17.9. The highest BCUT2D eigenvalue weighted by Crippen LogP contribution is 2.42. The lowest BCUT2D eigenvalue weighted by Crippen LogP contribution is -2.48. The highest BCUT2D eigenvalue weighted by atomic mass is 32.2. The van der Waals surface area contributed by atoms with Gasteiger partial charge in [-0.25, -0.2) is 18.4 Å². The molecule has 8 nitrogen and oxygen atoms in total. The van der Waals surface area contributed by atoms with Gasteiger partial charge in [0.1, 0.15) is 16.5 Å². The molecule has 2 amide bonds. The maximum absolute atomic E-state index is 15.8. The lowest BCUT2D eigenvalue weighted by molar-refractivity contribution is 0.248. The van der Waals surface area contributed by atoms with Crippen molar-refractivity contribution in [3.05, 3.63) is 142 Å². The minimum absolute atomic E-state index is 0.161. The molecule has 1 unspecified atom stereocenters. The highest BCUT2D eigenvalue weighted by molar-refractivity contribution is 7.92. The van der Waals surface area contributed by atoms with Crippen molar-refractivity contribution in [3.63, 3.8) is 0 Å². The monoisotopic (exact) mass is 643 g/mol. The number of urea groups is 1. The summed E-state index contributed by atoms with van der Waals surface area (Å²) < 4.78 is 31.8. The number of anilines is 1. The van der Waals surface area contributed by atoms with Gasteiger partial charge in [-0.15, -0.1) is 4.36 Å². The van der Waals surface area contributed by atoms with Gasteiger partial charge in [0, 0.05) is 5.69 Å². The second-order valence-corrected chi connectivity index (χ2v) is 14.5. The third-order valence-electron chi connectivity index (χ3n) is 9.63. The Kier molecular flexibility index (Phi) is 7.45. The van der Waals surface area contributed by atoms with Crippen LogP contribution < -0.4 is 14.8 Å². The molecule has 2 aliphatic carbocycles. The van der Waals surface area contributed by atoms with Crippen molar-refractivity contribution in [2.75, 3.05) is 5.32 Å². The molecule has 0 spiro atoms. The quantitative estimate of drug-likeness (QED) is 0.183. The summed E-state index contributed by atoms with van der Waals surface area (Å²) in [6.45, 7) is 2.46. The fourth-order valence-electron chi connectivity index (χ4n) is 7.56. The first kappa shape index (κ1) is 29.7. The third kappa shape index (κ3) is 5.14. The molecule has 0 radical (unpaired) electrons. The number of aromatic nitrogens is 2. The summed E-state index contributed by atoms with van der Waals surface area (Å²) in [6, 6.07) is 31.3. The summed E-state index contributed by atoms with van der Waals surface area (Å²) in [7, 11) is -3.77. The number of aryl methyl sites for hydroxylation is 2. The number of carbonyl (C=O) groups excluding carboxylic acids is 1. The first-order chi connectivity index (χ1) is 22.9. The number of hydrogen-bond acceptors (Lipinski definition) is 4. The van der Waals surface area contributed by atoms with Crippen molar-refractivity contribution >= 4 is 21.6 Å². The van der Waals surface area contributed by atoms with Gasteiger partial charge in [-0.3, -0.25) is 0 Å². The lowest BCUT2D eigenvalue weighted by atomic mass is 9.78. The minimum Gasteiger partial charge on any atom is -0.472 e. The van der Waals surface area contributed by atoms with Crippen LogP contribution in [0.2, 0.25) is 0 Å². The van der Waals surface area contributed by atoms with Crippen molar-refractivity contribution < 1.29 is 13.7 Å². The SMILES string of the molecule is C[C@@H]1Cn2ncc(S(=O)(=NC(=O)Nc3c4c(cc5c3CCC5)CCC4)NC(c3ccccc3)(c3ccccc3)c3ccccc3)c2O1. The van der Waals surface area contributed by atoms with Crippen molar-refractivity contribution in [1.82, 2.24) is 14.5 Å². The average molecular weight is 644 g/mol. The number of ether oxygens (including phenoxy) is 1. The number of fused-ring (bicyclic) bond motifs is 3. The van der Waals surface area contributed by atoms with Gasteiger partial charge in [0.15, 0.2) is 9.92 Å². The van der Waals surface area contributed by atoms with Crippen LogP contribution in [0.15, 0.2) is 113 Å². The molecular weight excluding hydrogens is 607 g/mol. The predicted octanol–water partition coefficient (Wildman–Crippen LogP) is 7.20. The topological polar surface area (TPSA) is 97.6 Å². The third-order valence-corrected chi connectivity index (χ3v) is 11.5. The zero-order valence-corrected chi connectivity index (χ0v) is 27.1. The van der Waals surface area contributed by atoms with Crippen molar-refractivity contribution in [1.29, 1.82) is 0 Å². The van der Waals surface area contributed by atoms with Crippen LogP contribution >= 0.6 is 0 Å². The molecule has 238 valence electrons. The zero-order chi connectivity index (χ0) is 32.0. The Hall–Kier alpha value is -4.73. The molecule has 0 saturated carbocycles. The molecule has 2 atom stereocenters. The lowest BCUT2D eigenvalue weighted by Gasteiger charge is -2.37. The van der Waals surface area contributed by atoms with Crippen molar-refractivity contribution in [3.8, 4) is 5.88 Å². The van der Waals surface area contributed by atoms with E-state index in [1.165, 1.54) is 28.5 Å².